The van der Waals surface area contributed by atoms with Gasteiger partial charge >= 0.3 is 0 Å². The van der Waals surface area contributed by atoms with E-state index in [4.69, 9.17) is 16.3 Å². The molecule has 130 valence electrons. The van der Waals surface area contributed by atoms with E-state index in [1.54, 1.807) is 0 Å². The Bertz CT molecular complexity index is 626. The number of thioether (sulfide) groups is 1. The Morgan fingerprint density at radius 3 is 2.58 bits per heavy atom. The van der Waals surface area contributed by atoms with Gasteiger partial charge in [-0.25, -0.2) is 0 Å². The van der Waals surface area contributed by atoms with Crippen LogP contribution in [0.5, 0.6) is 0 Å². The molecule has 2 aliphatic rings. The largest absolute Gasteiger partial charge is 0.373 e. The Morgan fingerprint density at radius 1 is 1.21 bits per heavy atom. The van der Waals surface area contributed by atoms with E-state index in [0.29, 0.717) is 23.0 Å². The molecule has 1 aliphatic carbocycles. The van der Waals surface area contributed by atoms with Gasteiger partial charge in [0.25, 0.3) is 0 Å². The first-order valence-electron chi connectivity index (χ1n) is 8.75. The molecule has 0 saturated carbocycles. The summed E-state index contributed by atoms with van der Waals surface area (Å²) in [7, 11) is 0. The van der Waals surface area contributed by atoms with Crippen LogP contribution in [0.4, 0.5) is 0 Å². The van der Waals surface area contributed by atoms with Crippen molar-refractivity contribution in [1.82, 2.24) is 0 Å². The molecule has 0 N–H and O–H groups in total. The third kappa shape index (κ3) is 4.28. The molecular weight excluding hydrogens is 336 g/mol. The van der Waals surface area contributed by atoms with Gasteiger partial charge in [-0.3, -0.25) is 0 Å². The molecule has 1 nitrogen and oxygen atoms in total. The van der Waals surface area contributed by atoms with Crippen LogP contribution in [-0.2, 0) is 16.8 Å². The predicted molar refractivity (Wildman–Crippen MR) is 106 cm³/mol. The third-order valence-corrected chi connectivity index (χ3v) is 6.54. The summed E-state index contributed by atoms with van der Waals surface area (Å²) in [6.45, 7) is 9.69. The summed E-state index contributed by atoms with van der Waals surface area (Å²) in [5.74, 6) is 0.387. The van der Waals surface area contributed by atoms with Crippen LogP contribution < -0.4 is 0 Å². The summed E-state index contributed by atoms with van der Waals surface area (Å²) in [5, 5.41) is 1.95. The average molecular weight is 363 g/mol. The van der Waals surface area contributed by atoms with E-state index >= 15 is 0 Å². The maximum atomic E-state index is 6.33. The van der Waals surface area contributed by atoms with Gasteiger partial charge in [0.2, 0.25) is 0 Å². The van der Waals surface area contributed by atoms with Crippen molar-refractivity contribution in [2.45, 2.75) is 62.7 Å². The van der Waals surface area contributed by atoms with E-state index in [9.17, 15) is 0 Å². The molecule has 1 aromatic rings. The van der Waals surface area contributed by atoms with Gasteiger partial charge < -0.3 is 4.74 Å². The number of allylic oxidation sites excluding steroid dienone is 2. The molecule has 0 spiro atoms. The molecule has 1 saturated heterocycles. The fourth-order valence-electron chi connectivity index (χ4n) is 3.40. The SMILES string of the molecule is C[C@@H]1C[C@H](OCc2ccc(C(C)(C)C)cc2)[C@H]2C=C(Cl)C=C[C@H]2S1. The zero-order valence-corrected chi connectivity index (χ0v) is 16.5. The molecule has 0 amide bonds. The number of benzene rings is 1. The van der Waals surface area contributed by atoms with Crippen LogP contribution in [0, 0.1) is 5.92 Å². The number of hydrogen-bond donors (Lipinski definition) is 0. The lowest BCUT2D eigenvalue weighted by Crippen LogP contribution is -2.38. The van der Waals surface area contributed by atoms with Crippen molar-refractivity contribution in [3.05, 3.63) is 58.7 Å². The average Bonchev–Trinajstić information content (AvgIpc) is 2.52. The summed E-state index contributed by atoms with van der Waals surface area (Å²) in [6.07, 6.45) is 7.77. The maximum absolute atomic E-state index is 6.33. The summed E-state index contributed by atoms with van der Waals surface area (Å²) in [6, 6.07) is 8.84. The Balaban J connectivity index is 1.65. The van der Waals surface area contributed by atoms with Crippen molar-refractivity contribution in [1.29, 1.82) is 0 Å². The Hall–Kier alpha value is -0.700. The fourth-order valence-corrected chi connectivity index (χ4v) is 5.06. The van der Waals surface area contributed by atoms with Gasteiger partial charge in [-0.1, -0.05) is 75.7 Å². The summed E-state index contributed by atoms with van der Waals surface area (Å²) in [5.41, 5.74) is 2.80. The van der Waals surface area contributed by atoms with E-state index in [1.165, 1.54) is 11.1 Å². The molecule has 3 heteroatoms. The van der Waals surface area contributed by atoms with Crippen molar-refractivity contribution < 1.29 is 4.74 Å². The summed E-state index contributed by atoms with van der Waals surface area (Å²) >= 11 is 8.26. The Morgan fingerprint density at radius 2 is 1.92 bits per heavy atom. The minimum absolute atomic E-state index is 0.193. The number of ether oxygens (including phenoxy) is 1. The molecule has 1 aliphatic heterocycles. The molecule has 0 bridgehead atoms. The predicted octanol–water partition coefficient (Wildman–Crippen LogP) is 6.07. The van der Waals surface area contributed by atoms with E-state index < -0.39 is 0 Å². The van der Waals surface area contributed by atoms with E-state index in [2.05, 4.69) is 64.1 Å². The molecule has 0 radical (unpaired) electrons. The second-order valence-corrected chi connectivity index (χ2v) is 9.99. The van der Waals surface area contributed by atoms with Gasteiger partial charge in [-0.05, 0) is 29.0 Å². The highest BCUT2D eigenvalue weighted by atomic mass is 35.5. The van der Waals surface area contributed by atoms with Gasteiger partial charge in [0.1, 0.15) is 0 Å². The van der Waals surface area contributed by atoms with Crippen LogP contribution in [0.25, 0.3) is 0 Å². The van der Waals surface area contributed by atoms with E-state index in [0.717, 1.165) is 11.5 Å². The quantitative estimate of drug-likeness (QED) is 0.645. The van der Waals surface area contributed by atoms with Crippen LogP contribution >= 0.6 is 23.4 Å². The van der Waals surface area contributed by atoms with Crippen LogP contribution in [-0.4, -0.2) is 16.6 Å². The van der Waals surface area contributed by atoms with Crippen LogP contribution in [0.1, 0.15) is 45.2 Å². The molecule has 1 fully saturated rings. The van der Waals surface area contributed by atoms with Crippen molar-refractivity contribution >= 4 is 23.4 Å². The fraction of sp³-hybridized carbons (Fsp3) is 0.524. The van der Waals surface area contributed by atoms with Crippen LogP contribution in [0.15, 0.2) is 47.5 Å². The van der Waals surface area contributed by atoms with Crippen molar-refractivity contribution in [3.63, 3.8) is 0 Å². The Kier molecular flexibility index (Phi) is 5.48. The molecular formula is C21H27ClOS. The minimum Gasteiger partial charge on any atom is -0.373 e. The van der Waals surface area contributed by atoms with Crippen molar-refractivity contribution in [3.8, 4) is 0 Å². The Labute approximate surface area is 155 Å². The maximum Gasteiger partial charge on any atom is 0.0720 e. The van der Waals surface area contributed by atoms with Gasteiger partial charge in [0, 0.05) is 21.5 Å². The third-order valence-electron chi connectivity index (χ3n) is 4.84. The van der Waals surface area contributed by atoms with Gasteiger partial charge in [-0.2, -0.15) is 11.8 Å². The molecule has 1 aromatic carbocycles. The van der Waals surface area contributed by atoms with E-state index in [1.807, 2.05) is 17.8 Å². The summed E-state index contributed by atoms with van der Waals surface area (Å²) < 4.78 is 6.33. The molecule has 3 rings (SSSR count). The van der Waals surface area contributed by atoms with E-state index in [-0.39, 0.29) is 11.5 Å². The molecule has 1 heterocycles. The number of fused-ring (bicyclic) bond motifs is 1. The lowest BCUT2D eigenvalue weighted by molar-refractivity contribution is 0.00714. The highest BCUT2D eigenvalue weighted by Gasteiger charge is 2.36. The first kappa shape index (κ1) is 18.1. The highest BCUT2D eigenvalue weighted by Crippen LogP contribution is 2.42. The molecule has 4 atom stereocenters. The topological polar surface area (TPSA) is 9.23 Å². The monoisotopic (exact) mass is 362 g/mol. The normalized spacial score (nSPS) is 30.0. The lowest BCUT2D eigenvalue weighted by atomic mass is 9.87. The first-order chi connectivity index (χ1) is 11.3. The number of rotatable bonds is 3. The van der Waals surface area contributed by atoms with Crippen molar-refractivity contribution in [2.24, 2.45) is 5.92 Å². The second kappa shape index (κ2) is 7.27. The lowest BCUT2D eigenvalue weighted by Gasteiger charge is -2.39. The van der Waals surface area contributed by atoms with Gasteiger partial charge in [-0.15, -0.1) is 0 Å². The van der Waals surface area contributed by atoms with Crippen LogP contribution in [0.2, 0.25) is 0 Å². The van der Waals surface area contributed by atoms with Crippen molar-refractivity contribution in [2.75, 3.05) is 0 Å². The first-order valence-corrected chi connectivity index (χ1v) is 10.1. The van der Waals surface area contributed by atoms with Gasteiger partial charge in [0.15, 0.2) is 0 Å². The second-order valence-electron chi connectivity index (χ2n) is 7.93. The number of halogens is 1. The van der Waals surface area contributed by atoms with Gasteiger partial charge in [0.05, 0.1) is 12.7 Å². The minimum atomic E-state index is 0.193. The molecule has 0 unspecified atom stereocenters. The molecule has 0 aromatic heterocycles. The number of hydrogen-bond acceptors (Lipinski definition) is 2. The zero-order chi connectivity index (χ0) is 17.3. The zero-order valence-electron chi connectivity index (χ0n) is 15.0. The molecule has 24 heavy (non-hydrogen) atoms. The summed E-state index contributed by atoms with van der Waals surface area (Å²) in [4.78, 5) is 0. The van der Waals surface area contributed by atoms with Crippen LogP contribution in [0.3, 0.4) is 0 Å². The smallest absolute Gasteiger partial charge is 0.0720 e. The highest BCUT2D eigenvalue weighted by molar-refractivity contribution is 8.00. The standard InChI is InChI=1S/C21H27ClOS/c1-14-11-19(18-12-17(22)9-10-20(18)24-14)23-13-15-5-7-16(8-6-15)21(2,3)4/h5-10,12,14,18-20H,11,13H2,1-4H3/t14-,18-,19+,20-/m1/s1.